The van der Waals surface area contributed by atoms with Crippen LogP contribution < -0.4 is 11.1 Å². The van der Waals surface area contributed by atoms with Crippen LogP contribution in [0.15, 0.2) is 12.5 Å². The van der Waals surface area contributed by atoms with E-state index in [0.29, 0.717) is 11.5 Å². The minimum Gasteiger partial charge on any atom is -0.381 e. The Bertz CT molecular complexity index is 405. The van der Waals surface area contributed by atoms with Crippen LogP contribution in [-0.2, 0) is 0 Å². The van der Waals surface area contributed by atoms with Gasteiger partial charge in [0.2, 0.25) is 0 Å². The van der Waals surface area contributed by atoms with E-state index in [4.69, 9.17) is 5.73 Å². The number of fused-ring (bicyclic) bond motifs is 1. The van der Waals surface area contributed by atoms with E-state index < -0.39 is 0 Å². The van der Waals surface area contributed by atoms with Crippen LogP contribution in [-0.4, -0.2) is 26.6 Å². The molecule has 0 amide bonds. The van der Waals surface area contributed by atoms with Crippen LogP contribution in [0.25, 0.3) is 5.65 Å². The SMILES string of the molecule is CNc1cnc2c(N)ncnn12. The molecule has 0 aromatic carbocycles. The van der Waals surface area contributed by atoms with E-state index in [2.05, 4.69) is 20.4 Å². The second-order valence-electron chi connectivity index (χ2n) is 2.27. The van der Waals surface area contributed by atoms with Gasteiger partial charge in [0.1, 0.15) is 12.1 Å². The van der Waals surface area contributed by atoms with Crippen molar-refractivity contribution < 1.29 is 0 Å². The highest BCUT2D eigenvalue weighted by Crippen LogP contribution is 2.11. The highest BCUT2D eigenvalue weighted by Gasteiger charge is 2.04. The molecule has 62 valence electrons. The fraction of sp³-hybridized carbons (Fsp3) is 0.167. The van der Waals surface area contributed by atoms with E-state index in [-0.39, 0.29) is 0 Å². The largest absolute Gasteiger partial charge is 0.381 e. The molecule has 0 aliphatic carbocycles. The van der Waals surface area contributed by atoms with Gasteiger partial charge in [0.05, 0.1) is 6.20 Å². The summed E-state index contributed by atoms with van der Waals surface area (Å²) in [4.78, 5) is 7.85. The summed E-state index contributed by atoms with van der Waals surface area (Å²) < 4.78 is 1.60. The summed E-state index contributed by atoms with van der Waals surface area (Å²) in [6.07, 6.45) is 3.05. The summed E-state index contributed by atoms with van der Waals surface area (Å²) in [5, 5.41) is 6.91. The fourth-order valence-electron chi connectivity index (χ4n) is 1.01. The molecule has 12 heavy (non-hydrogen) atoms. The average molecular weight is 164 g/mol. The lowest BCUT2D eigenvalue weighted by atomic mass is 10.7. The second-order valence-corrected chi connectivity index (χ2v) is 2.27. The Labute approximate surface area is 68.4 Å². The Morgan fingerprint density at radius 1 is 1.50 bits per heavy atom. The van der Waals surface area contributed by atoms with Gasteiger partial charge in [-0.05, 0) is 0 Å². The minimum absolute atomic E-state index is 0.381. The maximum absolute atomic E-state index is 5.56. The van der Waals surface area contributed by atoms with Gasteiger partial charge in [-0.25, -0.2) is 9.97 Å². The number of imidazole rings is 1. The van der Waals surface area contributed by atoms with Crippen molar-refractivity contribution in [2.24, 2.45) is 0 Å². The quantitative estimate of drug-likeness (QED) is 0.607. The maximum Gasteiger partial charge on any atom is 0.198 e. The first kappa shape index (κ1) is 6.84. The lowest BCUT2D eigenvalue weighted by Crippen LogP contribution is -2.02. The van der Waals surface area contributed by atoms with Crippen molar-refractivity contribution in [3.05, 3.63) is 12.5 Å². The summed E-state index contributed by atoms with van der Waals surface area (Å²) >= 11 is 0. The number of nitrogen functional groups attached to an aromatic ring is 1. The summed E-state index contributed by atoms with van der Waals surface area (Å²) in [6, 6.07) is 0. The summed E-state index contributed by atoms with van der Waals surface area (Å²) in [5.41, 5.74) is 6.13. The third-order valence-corrected chi connectivity index (χ3v) is 1.59. The van der Waals surface area contributed by atoms with Gasteiger partial charge in [0.15, 0.2) is 11.5 Å². The van der Waals surface area contributed by atoms with Gasteiger partial charge in [-0.1, -0.05) is 0 Å². The molecule has 2 aromatic heterocycles. The first-order chi connectivity index (χ1) is 5.83. The Hall–Kier alpha value is -1.85. The van der Waals surface area contributed by atoms with E-state index in [1.165, 1.54) is 6.33 Å². The number of nitrogens with one attached hydrogen (secondary N) is 1. The zero-order valence-electron chi connectivity index (χ0n) is 6.52. The van der Waals surface area contributed by atoms with E-state index in [1.54, 1.807) is 17.8 Å². The summed E-state index contributed by atoms with van der Waals surface area (Å²) in [5.74, 6) is 1.17. The number of hydrogen-bond donors (Lipinski definition) is 2. The predicted octanol–water partition coefficient (Wildman–Crippen LogP) is -0.252. The minimum atomic E-state index is 0.381. The third kappa shape index (κ3) is 0.777. The van der Waals surface area contributed by atoms with Crippen molar-refractivity contribution >= 4 is 17.3 Å². The highest BCUT2D eigenvalue weighted by atomic mass is 15.3. The summed E-state index contributed by atoms with van der Waals surface area (Å²) in [6.45, 7) is 0. The predicted molar refractivity (Wildman–Crippen MR) is 44.7 cm³/mol. The zero-order chi connectivity index (χ0) is 8.55. The van der Waals surface area contributed by atoms with Crippen molar-refractivity contribution in [1.82, 2.24) is 19.6 Å². The molecule has 2 aromatic rings. The molecule has 0 atom stereocenters. The Balaban J connectivity index is 2.80. The highest BCUT2D eigenvalue weighted by molar-refractivity contribution is 5.62. The van der Waals surface area contributed by atoms with Crippen molar-refractivity contribution in [2.75, 3.05) is 18.1 Å². The van der Waals surface area contributed by atoms with Crippen LogP contribution >= 0.6 is 0 Å². The molecule has 6 heteroatoms. The van der Waals surface area contributed by atoms with Crippen LogP contribution in [0.2, 0.25) is 0 Å². The van der Waals surface area contributed by atoms with Crippen molar-refractivity contribution in [2.45, 2.75) is 0 Å². The van der Waals surface area contributed by atoms with Gasteiger partial charge in [0.25, 0.3) is 0 Å². The Morgan fingerprint density at radius 2 is 2.33 bits per heavy atom. The monoisotopic (exact) mass is 164 g/mol. The van der Waals surface area contributed by atoms with Crippen LogP contribution in [0.1, 0.15) is 0 Å². The first-order valence-electron chi connectivity index (χ1n) is 3.45. The number of hydrogen-bond acceptors (Lipinski definition) is 5. The van der Waals surface area contributed by atoms with Crippen LogP contribution in [0.5, 0.6) is 0 Å². The smallest absolute Gasteiger partial charge is 0.198 e. The summed E-state index contributed by atoms with van der Waals surface area (Å²) in [7, 11) is 1.79. The molecule has 3 N–H and O–H groups in total. The van der Waals surface area contributed by atoms with Gasteiger partial charge in [-0.2, -0.15) is 9.61 Å². The topological polar surface area (TPSA) is 81.1 Å². The molecule has 0 aliphatic heterocycles. The molecule has 0 saturated carbocycles. The van der Waals surface area contributed by atoms with Gasteiger partial charge in [-0.15, -0.1) is 0 Å². The molecular formula is C6H8N6. The molecule has 0 radical (unpaired) electrons. The molecule has 6 nitrogen and oxygen atoms in total. The van der Waals surface area contributed by atoms with Gasteiger partial charge >= 0.3 is 0 Å². The first-order valence-corrected chi connectivity index (χ1v) is 3.45. The zero-order valence-corrected chi connectivity index (χ0v) is 6.52. The van der Waals surface area contributed by atoms with E-state index in [1.807, 2.05) is 0 Å². The van der Waals surface area contributed by atoms with Gasteiger partial charge < -0.3 is 11.1 Å². The number of nitrogens with two attached hydrogens (primary N) is 1. The fourth-order valence-corrected chi connectivity index (χ4v) is 1.01. The van der Waals surface area contributed by atoms with E-state index in [0.717, 1.165) is 5.82 Å². The van der Waals surface area contributed by atoms with Crippen molar-refractivity contribution in [3.8, 4) is 0 Å². The van der Waals surface area contributed by atoms with Gasteiger partial charge in [0, 0.05) is 7.05 Å². The van der Waals surface area contributed by atoms with E-state index in [9.17, 15) is 0 Å². The molecule has 0 unspecified atom stereocenters. The molecule has 0 saturated heterocycles. The molecule has 0 fully saturated rings. The van der Waals surface area contributed by atoms with Crippen molar-refractivity contribution in [3.63, 3.8) is 0 Å². The van der Waals surface area contributed by atoms with Crippen LogP contribution in [0, 0.1) is 0 Å². The molecule has 2 heterocycles. The lowest BCUT2D eigenvalue weighted by molar-refractivity contribution is 0.906. The lowest BCUT2D eigenvalue weighted by Gasteiger charge is -1.97. The van der Waals surface area contributed by atoms with Crippen LogP contribution in [0.3, 0.4) is 0 Å². The number of aromatic nitrogens is 4. The van der Waals surface area contributed by atoms with Crippen LogP contribution in [0.4, 0.5) is 11.6 Å². The molecule has 0 spiro atoms. The molecule has 2 rings (SSSR count). The number of nitrogens with zero attached hydrogens (tertiary/aromatic N) is 4. The van der Waals surface area contributed by atoms with E-state index >= 15 is 0 Å². The third-order valence-electron chi connectivity index (χ3n) is 1.59. The maximum atomic E-state index is 5.56. The molecule has 0 aliphatic rings. The van der Waals surface area contributed by atoms with Crippen molar-refractivity contribution in [1.29, 1.82) is 0 Å². The normalized spacial score (nSPS) is 10.4. The van der Waals surface area contributed by atoms with Gasteiger partial charge in [-0.3, -0.25) is 0 Å². The standard InChI is InChI=1S/C6H8N6/c1-8-4-2-9-6-5(7)10-3-11-12(4)6/h2-3,8H,1H3,(H2,7,10,11). The molecular weight excluding hydrogens is 156 g/mol. The second kappa shape index (κ2) is 2.33. The number of anilines is 2. The average Bonchev–Trinajstić information content (AvgIpc) is 2.49. The Morgan fingerprint density at radius 3 is 3.08 bits per heavy atom. The number of rotatable bonds is 1. The molecule has 0 bridgehead atoms. The Kier molecular flexibility index (Phi) is 1.33.